The fourth-order valence-corrected chi connectivity index (χ4v) is 2.98. The first-order valence-electron chi connectivity index (χ1n) is 9.33. The average molecular weight is 299 g/mol. The van der Waals surface area contributed by atoms with Crippen LogP contribution < -0.4 is 0 Å². The van der Waals surface area contributed by atoms with Crippen molar-refractivity contribution in [1.82, 2.24) is 0 Å². The summed E-state index contributed by atoms with van der Waals surface area (Å²) in [4.78, 5) is 0. The maximum atomic E-state index is 10.5. The van der Waals surface area contributed by atoms with E-state index in [0.29, 0.717) is 11.3 Å². The second kappa shape index (κ2) is 9.87. The lowest BCUT2D eigenvalue weighted by Gasteiger charge is -2.33. The average Bonchev–Trinajstić information content (AvgIpc) is 2.36. The molecule has 1 nitrogen and oxygen atoms in total. The van der Waals surface area contributed by atoms with E-state index in [1.54, 1.807) is 0 Å². The van der Waals surface area contributed by atoms with Gasteiger partial charge in [0.05, 0.1) is 5.60 Å². The second-order valence-electron chi connectivity index (χ2n) is 8.67. The summed E-state index contributed by atoms with van der Waals surface area (Å²) < 4.78 is 0. The van der Waals surface area contributed by atoms with Gasteiger partial charge in [-0.15, -0.1) is 0 Å². The Morgan fingerprint density at radius 1 is 0.810 bits per heavy atom. The number of hydrogen-bond donors (Lipinski definition) is 1. The molecule has 0 aliphatic heterocycles. The normalized spacial score (nSPS) is 17.0. The molecule has 1 heteroatoms. The highest BCUT2D eigenvalue weighted by atomic mass is 16.3. The van der Waals surface area contributed by atoms with Crippen molar-refractivity contribution in [3.8, 4) is 0 Å². The third kappa shape index (κ3) is 10.3. The highest BCUT2D eigenvalue weighted by Crippen LogP contribution is 2.36. The SMILES string of the molecule is CCCCCC(C)(C)C(C)CCCC(C)(O)CCC(C)C. The van der Waals surface area contributed by atoms with Crippen LogP contribution in [0.1, 0.15) is 106 Å². The second-order valence-corrected chi connectivity index (χ2v) is 8.67. The monoisotopic (exact) mass is 298 g/mol. The Morgan fingerprint density at radius 3 is 1.95 bits per heavy atom. The van der Waals surface area contributed by atoms with Gasteiger partial charge in [0.2, 0.25) is 0 Å². The molecule has 0 radical (unpaired) electrons. The smallest absolute Gasteiger partial charge is 0.0619 e. The van der Waals surface area contributed by atoms with Crippen LogP contribution in [-0.2, 0) is 0 Å². The van der Waals surface area contributed by atoms with Crippen molar-refractivity contribution in [3.63, 3.8) is 0 Å². The van der Waals surface area contributed by atoms with E-state index < -0.39 is 5.60 Å². The standard InChI is InChI=1S/C20H42O/c1-8-9-10-14-19(5,6)18(4)12-11-15-20(7,21)16-13-17(2)3/h17-18,21H,8-16H2,1-7H3. The summed E-state index contributed by atoms with van der Waals surface area (Å²) in [6.45, 7) is 16.0. The van der Waals surface area contributed by atoms with E-state index in [1.807, 2.05) is 6.92 Å². The fraction of sp³-hybridized carbons (Fsp3) is 1.00. The third-order valence-corrected chi connectivity index (χ3v) is 5.37. The van der Waals surface area contributed by atoms with E-state index in [9.17, 15) is 5.11 Å². The van der Waals surface area contributed by atoms with Crippen LogP contribution in [0.3, 0.4) is 0 Å². The van der Waals surface area contributed by atoms with Gasteiger partial charge in [-0.3, -0.25) is 0 Å². The van der Waals surface area contributed by atoms with E-state index in [1.165, 1.54) is 32.1 Å². The minimum absolute atomic E-state index is 0.443. The molecule has 0 saturated carbocycles. The Bertz CT molecular complexity index is 253. The van der Waals surface area contributed by atoms with Crippen molar-refractivity contribution in [3.05, 3.63) is 0 Å². The molecule has 0 aromatic heterocycles. The van der Waals surface area contributed by atoms with E-state index in [0.717, 1.165) is 31.6 Å². The molecule has 1 N–H and O–H groups in total. The van der Waals surface area contributed by atoms with E-state index in [-0.39, 0.29) is 0 Å². The van der Waals surface area contributed by atoms with Crippen LogP contribution in [0.2, 0.25) is 0 Å². The molecular formula is C20H42O. The molecule has 2 atom stereocenters. The molecule has 0 fully saturated rings. The summed E-state index contributed by atoms with van der Waals surface area (Å²) in [6.07, 6.45) is 10.8. The van der Waals surface area contributed by atoms with Crippen LogP contribution in [0.25, 0.3) is 0 Å². The molecule has 0 aliphatic rings. The van der Waals surface area contributed by atoms with E-state index in [2.05, 4.69) is 41.5 Å². The predicted octanol–water partition coefficient (Wildman–Crippen LogP) is 6.59. The van der Waals surface area contributed by atoms with Crippen LogP contribution >= 0.6 is 0 Å². The first kappa shape index (κ1) is 21.0. The van der Waals surface area contributed by atoms with E-state index in [4.69, 9.17) is 0 Å². The molecule has 0 saturated heterocycles. The van der Waals surface area contributed by atoms with Crippen molar-refractivity contribution in [2.45, 2.75) is 112 Å². The van der Waals surface area contributed by atoms with Gasteiger partial charge in [0.25, 0.3) is 0 Å². The zero-order valence-electron chi connectivity index (χ0n) is 16.0. The quantitative estimate of drug-likeness (QED) is 0.403. The predicted molar refractivity (Wildman–Crippen MR) is 95.6 cm³/mol. The largest absolute Gasteiger partial charge is 0.390 e. The van der Waals surface area contributed by atoms with Gasteiger partial charge >= 0.3 is 0 Å². The number of hydrogen-bond acceptors (Lipinski definition) is 1. The third-order valence-electron chi connectivity index (χ3n) is 5.37. The van der Waals surface area contributed by atoms with Crippen LogP contribution in [0.5, 0.6) is 0 Å². The summed E-state index contributed by atoms with van der Waals surface area (Å²) in [5, 5.41) is 10.5. The Kier molecular flexibility index (Phi) is 9.85. The molecule has 128 valence electrons. The molecule has 21 heavy (non-hydrogen) atoms. The maximum absolute atomic E-state index is 10.5. The van der Waals surface area contributed by atoms with Gasteiger partial charge in [-0.1, -0.05) is 73.6 Å². The Hall–Kier alpha value is -0.0400. The first-order valence-corrected chi connectivity index (χ1v) is 9.33. The van der Waals surface area contributed by atoms with Gasteiger partial charge in [-0.05, 0) is 49.9 Å². The minimum Gasteiger partial charge on any atom is -0.390 e. The van der Waals surface area contributed by atoms with Crippen LogP contribution in [-0.4, -0.2) is 10.7 Å². The lowest BCUT2D eigenvalue weighted by molar-refractivity contribution is 0.0311. The number of rotatable bonds is 12. The molecule has 0 spiro atoms. The molecule has 0 heterocycles. The zero-order chi connectivity index (χ0) is 16.5. The molecule has 2 unspecified atom stereocenters. The molecule has 0 aromatic rings. The zero-order valence-corrected chi connectivity index (χ0v) is 16.0. The molecule has 0 aliphatic carbocycles. The van der Waals surface area contributed by atoms with Crippen LogP contribution in [0.4, 0.5) is 0 Å². The number of unbranched alkanes of at least 4 members (excludes halogenated alkanes) is 2. The molecule has 0 rings (SSSR count). The van der Waals surface area contributed by atoms with Crippen molar-refractivity contribution in [2.24, 2.45) is 17.3 Å². The van der Waals surface area contributed by atoms with Gasteiger partial charge in [0, 0.05) is 0 Å². The minimum atomic E-state index is -0.462. The lowest BCUT2D eigenvalue weighted by Crippen LogP contribution is -2.26. The molecular weight excluding hydrogens is 256 g/mol. The van der Waals surface area contributed by atoms with Gasteiger partial charge < -0.3 is 5.11 Å². The Morgan fingerprint density at radius 2 is 1.43 bits per heavy atom. The molecule has 0 bridgehead atoms. The Balaban J connectivity index is 4.03. The fourth-order valence-electron chi connectivity index (χ4n) is 2.98. The summed E-state index contributed by atoms with van der Waals surface area (Å²) in [5.41, 5.74) is -0.0185. The molecule has 0 aromatic carbocycles. The lowest BCUT2D eigenvalue weighted by atomic mass is 9.73. The summed E-state index contributed by atoms with van der Waals surface area (Å²) in [6, 6.07) is 0. The topological polar surface area (TPSA) is 20.2 Å². The van der Waals surface area contributed by atoms with Crippen molar-refractivity contribution in [2.75, 3.05) is 0 Å². The van der Waals surface area contributed by atoms with Crippen molar-refractivity contribution < 1.29 is 5.11 Å². The maximum Gasteiger partial charge on any atom is 0.0619 e. The van der Waals surface area contributed by atoms with E-state index >= 15 is 0 Å². The Labute approximate surface area is 134 Å². The van der Waals surface area contributed by atoms with Gasteiger partial charge in [-0.25, -0.2) is 0 Å². The van der Waals surface area contributed by atoms with Crippen molar-refractivity contribution >= 4 is 0 Å². The highest BCUT2D eigenvalue weighted by Gasteiger charge is 2.26. The molecule has 0 amide bonds. The van der Waals surface area contributed by atoms with Gasteiger partial charge in [0.15, 0.2) is 0 Å². The van der Waals surface area contributed by atoms with Crippen LogP contribution in [0, 0.1) is 17.3 Å². The highest BCUT2D eigenvalue weighted by molar-refractivity contribution is 4.78. The van der Waals surface area contributed by atoms with Gasteiger partial charge in [0.1, 0.15) is 0 Å². The summed E-state index contributed by atoms with van der Waals surface area (Å²) in [5.74, 6) is 1.43. The number of aliphatic hydroxyl groups is 1. The van der Waals surface area contributed by atoms with Crippen LogP contribution in [0.15, 0.2) is 0 Å². The van der Waals surface area contributed by atoms with Gasteiger partial charge in [-0.2, -0.15) is 0 Å². The van der Waals surface area contributed by atoms with Crippen molar-refractivity contribution in [1.29, 1.82) is 0 Å². The summed E-state index contributed by atoms with van der Waals surface area (Å²) >= 11 is 0. The summed E-state index contributed by atoms with van der Waals surface area (Å²) in [7, 11) is 0. The first-order chi connectivity index (χ1) is 9.60.